The minimum Gasteiger partial charge on any atom is -0.348 e. The fraction of sp³-hybridized carbons (Fsp3) is 0.208. The molecule has 3 rings (SSSR count). The number of anilines is 1. The van der Waals surface area contributed by atoms with Crippen LogP contribution in [-0.2, 0) is 14.8 Å². The summed E-state index contributed by atoms with van der Waals surface area (Å²) in [4.78, 5) is 13.1. The molecule has 1 amide bonds. The molecule has 0 radical (unpaired) electrons. The maximum Gasteiger partial charge on any atom is 0.264 e. The molecule has 0 aliphatic rings. The van der Waals surface area contributed by atoms with Gasteiger partial charge in [-0.15, -0.1) is 0 Å². The number of benzene rings is 3. The highest BCUT2D eigenvalue weighted by molar-refractivity contribution is 7.92. The average Bonchev–Trinajstić information content (AvgIpc) is 2.78. The molecule has 7 heteroatoms. The van der Waals surface area contributed by atoms with Crippen LogP contribution in [0.3, 0.4) is 0 Å². The predicted octanol–water partition coefficient (Wildman–Crippen LogP) is 5.11. The number of carbonyl (C=O) groups excluding carboxylic acids is 1. The molecule has 0 fully saturated rings. The Hall–Kier alpha value is -2.83. The molecular formula is C24H25ClN2O3S. The quantitative estimate of drug-likeness (QED) is 0.512. The Morgan fingerprint density at radius 2 is 1.61 bits per heavy atom. The topological polar surface area (TPSA) is 66.5 Å². The Balaban J connectivity index is 1.95. The van der Waals surface area contributed by atoms with Crippen molar-refractivity contribution in [2.24, 2.45) is 0 Å². The summed E-state index contributed by atoms with van der Waals surface area (Å²) in [6, 6.07) is 22.5. The van der Waals surface area contributed by atoms with Gasteiger partial charge in [0, 0.05) is 5.02 Å². The van der Waals surface area contributed by atoms with E-state index in [1.807, 2.05) is 37.3 Å². The molecular weight excluding hydrogens is 432 g/mol. The van der Waals surface area contributed by atoms with Gasteiger partial charge in [-0.2, -0.15) is 0 Å². The fourth-order valence-electron chi connectivity index (χ4n) is 3.35. The van der Waals surface area contributed by atoms with Crippen molar-refractivity contribution in [2.45, 2.75) is 31.2 Å². The molecule has 0 aromatic heterocycles. The highest BCUT2D eigenvalue weighted by atomic mass is 35.5. The van der Waals surface area contributed by atoms with Crippen molar-refractivity contribution in [1.82, 2.24) is 5.32 Å². The maximum absolute atomic E-state index is 13.5. The van der Waals surface area contributed by atoms with Crippen molar-refractivity contribution >= 4 is 33.2 Å². The number of nitrogens with one attached hydrogen (secondary N) is 1. The molecule has 3 aromatic carbocycles. The number of rotatable bonds is 8. The van der Waals surface area contributed by atoms with Gasteiger partial charge in [-0.05, 0) is 48.7 Å². The van der Waals surface area contributed by atoms with E-state index in [0.717, 1.165) is 9.87 Å². The fourth-order valence-corrected chi connectivity index (χ4v) is 5.01. The van der Waals surface area contributed by atoms with Gasteiger partial charge >= 0.3 is 0 Å². The van der Waals surface area contributed by atoms with Crippen molar-refractivity contribution in [3.05, 3.63) is 95.0 Å². The molecule has 162 valence electrons. The molecule has 3 aromatic rings. The van der Waals surface area contributed by atoms with Gasteiger partial charge in [0.1, 0.15) is 6.54 Å². The smallest absolute Gasteiger partial charge is 0.264 e. The zero-order valence-corrected chi connectivity index (χ0v) is 19.0. The van der Waals surface area contributed by atoms with Gasteiger partial charge < -0.3 is 5.32 Å². The molecule has 31 heavy (non-hydrogen) atoms. The summed E-state index contributed by atoms with van der Waals surface area (Å²) >= 11 is 6.16. The second-order valence-corrected chi connectivity index (χ2v) is 9.49. The zero-order valence-electron chi connectivity index (χ0n) is 17.5. The summed E-state index contributed by atoms with van der Waals surface area (Å²) < 4.78 is 28.0. The Kier molecular flexibility index (Phi) is 7.36. The van der Waals surface area contributed by atoms with Gasteiger partial charge in [-0.25, -0.2) is 8.42 Å². The van der Waals surface area contributed by atoms with Crippen LogP contribution in [0.15, 0.2) is 83.8 Å². The third-order valence-electron chi connectivity index (χ3n) is 5.00. The molecule has 0 saturated heterocycles. The Labute approximate surface area is 188 Å². The van der Waals surface area contributed by atoms with Crippen molar-refractivity contribution < 1.29 is 13.2 Å². The highest BCUT2D eigenvalue weighted by Gasteiger charge is 2.29. The lowest BCUT2D eigenvalue weighted by molar-refractivity contribution is -0.120. The third-order valence-corrected chi connectivity index (χ3v) is 7.01. The van der Waals surface area contributed by atoms with E-state index in [4.69, 9.17) is 11.6 Å². The number of nitrogens with zero attached hydrogens (tertiary/aromatic N) is 1. The van der Waals surface area contributed by atoms with Gasteiger partial charge in [-0.1, -0.05) is 73.1 Å². The van der Waals surface area contributed by atoms with E-state index in [1.165, 1.54) is 12.1 Å². The lowest BCUT2D eigenvalue weighted by Crippen LogP contribution is -2.42. The van der Waals surface area contributed by atoms with Crippen LogP contribution in [0.2, 0.25) is 5.02 Å². The monoisotopic (exact) mass is 456 g/mol. The third kappa shape index (κ3) is 5.46. The van der Waals surface area contributed by atoms with Gasteiger partial charge in [0.25, 0.3) is 10.0 Å². The SMILES string of the molecule is CC[C@H](NC(=O)CN(c1cc(Cl)ccc1C)S(=O)(=O)c1ccccc1)c1ccccc1. The molecule has 1 N–H and O–H groups in total. The lowest BCUT2D eigenvalue weighted by Gasteiger charge is -2.27. The molecule has 0 spiro atoms. The summed E-state index contributed by atoms with van der Waals surface area (Å²) in [5.41, 5.74) is 2.04. The van der Waals surface area contributed by atoms with Crippen LogP contribution in [0.5, 0.6) is 0 Å². The van der Waals surface area contributed by atoms with Gasteiger partial charge in [0.15, 0.2) is 0 Å². The average molecular weight is 457 g/mol. The molecule has 0 aliphatic heterocycles. The van der Waals surface area contributed by atoms with E-state index >= 15 is 0 Å². The van der Waals surface area contributed by atoms with Crippen LogP contribution in [0.25, 0.3) is 0 Å². The number of hydrogen-bond acceptors (Lipinski definition) is 3. The number of halogens is 1. The number of carbonyl (C=O) groups is 1. The van der Waals surface area contributed by atoms with E-state index < -0.39 is 15.9 Å². The molecule has 0 saturated carbocycles. The first-order valence-electron chi connectivity index (χ1n) is 10.0. The summed E-state index contributed by atoms with van der Waals surface area (Å²) in [6.45, 7) is 3.40. The summed E-state index contributed by atoms with van der Waals surface area (Å²) in [6.07, 6.45) is 0.678. The van der Waals surface area contributed by atoms with Crippen molar-refractivity contribution in [1.29, 1.82) is 0 Å². The standard InChI is InChI=1S/C24H25ClN2O3S/c1-3-22(19-10-6-4-7-11-19)26-24(28)17-27(23-16-20(25)15-14-18(23)2)31(29,30)21-12-8-5-9-13-21/h4-16,22H,3,17H2,1-2H3,(H,26,28)/t22-/m0/s1. The predicted molar refractivity (Wildman–Crippen MR) is 125 cm³/mol. The highest BCUT2D eigenvalue weighted by Crippen LogP contribution is 2.29. The van der Waals surface area contributed by atoms with E-state index in [1.54, 1.807) is 43.3 Å². The van der Waals surface area contributed by atoms with Gasteiger partial charge in [0.05, 0.1) is 16.6 Å². The molecule has 5 nitrogen and oxygen atoms in total. The van der Waals surface area contributed by atoms with Crippen LogP contribution in [0.1, 0.15) is 30.5 Å². The minimum absolute atomic E-state index is 0.109. The Morgan fingerprint density at radius 3 is 2.23 bits per heavy atom. The first kappa shape index (κ1) is 22.8. The van der Waals surface area contributed by atoms with E-state index in [0.29, 0.717) is 22.7 Å². The summed E-state index contributed by atoms with van der Waals surface area (Å²) in [5, 5.41) is 3.36. The summed E-state index contributed by atoms with van der Waals surface area (Å²) in [7, 11) is -3.98. The van der Waals surface area contributed by atoms with Crippen LogP contribution in [0, 0.1) is 6.92 Å². The largest absolute Gasteiger partial charge is 0.348 e. The Morgan fingerprint density at radius 1 is 1.00 bits per heavy atom. The normalized spacial score (nSPS) is 12.2. The molecule has 0 bridgehead atoms. The van der Waals surface area contributed by atoms with Crippen LogP contribution < -0.4 is 9.62 Å². The maximum atomic E-state index is 13.5. The minimum atomic E-state index is -3.98. The second kappa shape index (κ2) is 9.98. The van der Waals surface area contributed by atoms with Crippen LogP contribution in [-0.4, -0.2) is 20.9 Å². The van der Waals surface area contributed by atoms with E-state index in [2.05, 4.69) is 5.32 Å². The van der Waals surface area contributed by atoms with Gasteiger partial charge in [0.2, 0.25) is 5.91 Å². The number of hydrogen-bond donors (Lipinski definition) is 1. The molecule has 0 heterocycles. The van der Waals surface area contributed by atoms with Crippen LogP contribution in [0.4, 0.5) is 5.69 Å². The Bertz CT molecular complexity index is 1140. The first-order chi connectivity index (χ1) is 14.8. The summed E-state index contributed by atoms with van der Waals surface area (Å²) in [5.74, 6) is -0.394. The molecule has 0 unspecified atom stereocenters. The second-order valence-electron chi connectivity index (χ2n) is 7.19. The number of amides is 1. The van der Waals surface area contributed by atoms with Crippen molar-refractivity contribution in [3.63, 3.8) is 0 Å². The van der Waals surface area contributed by atoms with Crippen LogP contribution >= 0.6 is 11.6 Å². The number of sulfonamides is 1. The van der Waals surface area contributed by atoms with Gasteiger partial charge in [-0.3, -0.25) is 9.10 Å². The van der Waals surface area contributed by atoms with Crippen molar-refractivity contribution in [3.8, 4) is 0 Å². The first-order valence-corrected chi connectivity index (χ1v) is 11.8. The number of aryl methyl sites for hydroxylation is 1. The molecule has 1 atom stereocenters. The van der Waals surface area contributed by atoms with E-state index in [-0.39, 0.29) is 17.5 Å². The lowest BCUT2D eigenvalue weighted by atomic mass is 10.0. The zero-order chi connectivity index (χ0) is 22.4. The molecule has 0 aliphatic carbocycles. The van der Waals surface area contributed by atoms with E-state index in [9.17, 15) is 13.2 Å². The van der Waals surface area contributed by atoms with Crippen molar-refractivity contribution in [2.75, 3.05) is 10.8 Å².